The molecule has 2 aromatic carbocycles. The fourth-order valence-corrected chi connectivity index (χ4v) is 6.03. The quantitative estimate of drug-likeness (QED) is 0.232. The standard InChI is InChI=1S/C27H29N3O3S2/c1-6-8-22-18(4)24-25(35-22)29-27(30(26(24)32)20-12-11-16(2)17(3)13-20)34-15-23(31)28-19-9-7-10-21(14-19)33-5/h7,9-14H,6,8,15H2,1-5H3,(H,28,31). The van der Waals surface area contributed by atoms with Gasteiger partial charge in [-0.25, -0.2) is 4.98 Å². The first kappa shape index (κ1) is 25.0. The molecule has 1 amide bonds. The van der Waals surface area contributed by atoms with Crippen molar-refractivity contribution in [1.82, 2.24) is 9.55 Å². The summed E-state index contributed by atoms with van der Waals surface area (Å²) in [4.78, 5) is 33.3. The summed E-state index contributed by atoms with van der Waals surface area (Å²) in [6, 6.07) is 13.2. The maximum absolute atomic E-state index is 13.8. The van der Waals surface area contributed by atoms with Crippen molar-refractivity contribution < 1.29 is 9.53 Å². The van der Waals surface area contributed by atoms with Gasteiger partial charge < -0.3 is 10.1 Å². The molecular formula is C27H29N3O3S2. The summed E-state index contributed by atoms with van der Waals surface area (Å²) < 4.78 is 6.87. The largest absolute Gasteiger partial charge is 0.497 e. The van der Waals surface area contributed by atoms with Crippen LogP contribution in [0.5, 0.6) is 5.75 Å². The van der Waals surface area contributed by atoms with E-state index in [1.165, 1.54) is 16.6 Å². The van der Waals surface area contributed by atoms with Gasteiger partial charge in [-0.15, -0.1) is 11.3 Å². The zero-order chi connectivity index (χ0) is 25.1. The first-order chi connectivity index (χ1) is 16.8. The van der Waals surface area contributed by atoms with Crippen LogP contribution >= 0.6 is 23.1 Å². The molecule has 0 spiro atoms. The molecule has 182 valence electrons. The summed E-state index contributed by atoms with van der Waals surface area (Å²) in [6.07, 6.45) is 1.92. The lowest BCUT2D eigenvalue weighted by Gasteiger charge is -2.14. The van der Waals surface area contributed by atoms with Crippen molar-refractivity contribution in [2.45, 2.75) is 45.7 Å². The molecule has 0 aliphatic carbocycles. The highest BCUT2D eigenvalue weighted by atomic mass is 32.2. The number of rotatable bonds is 8. The second-order valence-electron chi connectivity index (χ2n) is 8.45. The first-order valence-corrected chi connectivity index (χ1v) is 13.3. The third-order valence-electron chi connectivity index (χ3n) is 5.94. The van der Waals surface area contributed by atoms with Gasteiger partial charge in [-0.05, 0) is 68.1 Å². The Kier molecular flexibility index (Phi) is 7.62. The molecule has 0 fully saturated rings. The molecule has 0 bridgehead atoms. The van der Waals surface area contributed by atoms with Gasteiger partial charge in [-0.1, -0.05) is 37.2 Å². The van der Waals surface area contributed by atoms with Crippen LogP contribution in [0.15, 0.2) is 52.4 Å². The molecule has 0 atom stereocenters. The summed E-state index contributed by atoms with van der Waals surface area (Å²) in [7, 11) is 1.59. The fraction of sp³-hybridized carbons (Fsp3) is 0.296. The minimum absolute atomic E-state index is 0.0925. The van der Waals surface area contributed by atoms with Gasteiger partial charge in [0.05, 0.1) is 23.9 Å². The summed E-state index contributed by atoms with van der Waals surface area (Å²) >= 11 is 2.84. The van der Waals surface area contributed by atoms with Gasteiger partial charge in [0, 0.05) is 16.6 Å². The van der Waals surface area contributed by atoms with Crippen LogP contribution < -0.4 is 15.6 Å². The van der Waals surface area contributed by atoms with E-state index in [0.717, 1.165) is 40.0 Å². The Morgan fingerprint density at radius 3 is 2.66 bits per heavy atom. The molecule has 0 saturated heterocycles. The topological polar surface area (TPSA) is 73.2 Å². The van der Waals surface area contributed by atoms with Crippen LogP contribution in [0, 0.1) is 20.8 Å². The normalized spacial score (nSPS) is 11.1. The zero-order valence-corrected chi connectivity index (χ0v) is 22.2. The number of methoxy groups -OCH3 is 1. The van der Waals surface area contributed by atoms with Gasteiger partial charge in [-0.2, -0.15) is 0 Å². The third-order valence-corrected chi connectivity index (χ3v) is 8.13. The molecule has 4 aromatic rings. The number of aromatic nitrogens is 2. The van der Waals surface area contributed by atoms with Gasteiger partial charge in [0.2, 0.25) is 5.91 Å². The molecule has 4 rings (SSSR count). The molecule has 2 heterocycles. The number of nitrogens with zero attached hydrogens (tertiary/aromatic N) is 2. The summed E-state index contributed by atoms with van der Waals surface area (Å²) in [5.74, 6) is 0.604. The number of carbonyl (C=O) groups is 1. The van der Waals surface area contributed by atoms with Crippen molar-refractivity contribution in [3.63, 3.8) is 0 Å². The number of nitrogens with one attached hydrogen (secondary N) is 1. The van der Waals surface area contributed by atoms with Gasteiger partial charge in [-0.3, -0.25) is 14.2 Å². The summed E-state index contributed by atoms with van der Waals surface area (Å²) in [5.41, 5.74) is 4.57. The zero-order valence-electron chi connectivity index (χ0n) is 20.6. The third kappa shape index (κ3) is 5.28. The number of hydrogen-bond donors (Lipinski definition) is 1. The molecule has 35 heavy (non-hydrogen) atoms. The second-order valence-corrected chi connectivity index (χ2v) is 10.5. The van der Waals surface area contributed by atoms with Gasteiger partial charge in [0.1, 0.15) is 10.6 Å². The van der Waals surface area contributed by atoms with Crippen molar-refractivity contribution in [2.24, 2.45) is 0 Å². The molecule has 2 aromatic heterocycles. The SMILES string of the molecule is CCCc1sc2nc(SCC(=O)Nc3cccc(OC)c3)n(-c3ccc(C)c(C)c3)c(=O)c2c1C. The molecule has 8 heteroatoms. The molecule has 0 aliphatic rings. The number of carbonyl (C=O) groups excluding carboxylic acids is 1. The van der Waals surface area contributed by atoms with E-state index in [4.69, 9.17) is 9.72 Å². The predicted octanol–water partition coefficient (Wildman–Crippen LogP) is 6.06. The Morgan fingerprint density at radius 1 is 1.14 bits per heavy atom. The minimum atomic E-state index is -0.182. The van der Waals surface area contributed by atoms with E-state index in [0.29, 0.717) is 22.0 Å². The molecular weight excluding hydrogens is 478 g/mol. The Morgan fingerprint density at radius 2 is 1.94 bits per heavy atom. The predicted molar refractivity (Wildman–Crippen MR) is 146 cm³/mol. The van der Waals surface area contributed by atoms with E-state index in [9.17, 15) is 9.59 Å². The fourth-order valence-electron chi connectivity index (χ4n) is 3.89. The molecule has 0 unspecified atom stereocenters. The molecule has 0 saturated carbocycles. The van der Waals surface area contributed by atoms with Gasteiger partial charge in [0.15, 0.2) is 5.16 Å². The van der Waals surface area contributed by atoms with Gasteiger partial charge in [0.25, 0.3) is 5.56 Å². The van der Waals surface area contributed by atoms with Crippen molar-refractivity contribution in [3.05, 3.63) is 74.4 Å². The molecule has 0 radical (unpaired) electrons. The number of anilines is 1. The van der Waals surface area contributed by atoms with Crippen LogP contribution in [-0.4, -0.2) is 28.3 Å². The lowest BCUT2D eigenvalue weighted by Crippen LogP contribution is -2.23. The number of hydrogen-bond acceptors (Lipinski definition) is 6. The lowest BCUT2D eigenvalue weighted by atomic mass is 10.1. The Balaban J connectivity index is 1.72. The average Bonchev–Trinajstić information content (AvgIpc) is 3.15. The maximum atomic E-state index is 13.8. The highest BCUT2D eigenvalue weighted by Crippen LogP contribution is 2.31. The minimum Gasteiger partial charge on any atom is -0.497 e. The van der Waals surface area contributed by atoms with E-state index in [2.05, 4.69) is 12.2 Å². The van der Waals surface area contributed by atoms with Crippen LogP contribution in [0.25, 0.3) is 15.9 Å². The maximum Gasteiger partial charge on any atom is 0.267 e. The van der Waals surface area contributed by atoms with E-state index >= 15 is 0 Å². The van der Waals surface area contributed by atoms with Crippen molar-refractivity contribution in [1.29, 1.82) is 0 Å². The Labute approximate surface area is 213 Å². The number of ether oxygens (including phenoxy) is 1. The summed E-state index contributed by atoms with van der Waals surface area (Å²) in [6.45, 7) is 8.21. The molecule has 0 aliphatic heterocycles. The van der Waals surface area contributed by atoms with Crippen LogP contribution in [0.4, 0.5) is 5.69 Å². The van der Waals surface area contributed by atoms with Crippen LogP contribution in [0.3, 0.4) is 0 Å². The Bertz CT molecular complexity index is 1460. The second kappa shape index (κ2) is 10.7. The number of benzene rings is 2. The van der Waals surface area contributed by atoms with E-state index in [-0.39, 0.29) is 17.2 Å². The molecule has 1 N–H and O–H groups in total. The lowest BCUT2D eigenvalue weighted by molar-refractivity contribution is -0.113. The number of thiophene rings is 1. The first-order valence-electron chi connectivity index (χ1n) is 11.5. The highest BCUT2D eigenvalue weighted by molar-refractivity contribution is 7.99. The number of amides is 1. The van der Waals surface area contributed by atoms with Crippen LogP contribution in [-0.2, 0) is 11.2 Å². The van der Waals surface area contributed by atoms with Crippen molar-refractivity contribution >= 4 is 44.9 Å². The van der Waals surface area contributed by atoms with E-state index in [1.54, 1.807) is 29.1 Å². The smallest absolute Gasteiger partial charge is 0.267 e. The highest BCUT2D eigenvalue weighted by Gasteiger charge is 2.20. The van der Waals surface area contributed by atoms with Crippen molar-refractivity contribution in [3.8, 4) is 11.4 Å². The summed E-state index contributed by atoms with van der Waals surface area (Å²) in [5, 5.41) is 4.07. The number of thioether (sulfide) groups is 1. The van der Waals surface area contributed by atoms with Crippen LogP contribution in [0.1, 0.15) is 34.9 Å². The average molecular weight is 508 g/mol. The number of fused-ring (bicyclic) bond motifs is 1. The molecule has 6 nitrogen and oxygen atoms in total. The van der Waals surface area contributed by atoms with E-state index < -0.39 is 0 Å². The monoisotopic (exact) mass is 507 g/mol. The van der Waals surface area contributed by atoms with Crippen molar-refractivity contribution in [2.75, 3.05) is 18.2 Å². The number of aryl methyl sites for hydroxylation is 4. The Hall–Kier alpha value is -3.10. The van der Waals surface area contributed by atoms with Crippen LogP contribution in [0.2, 0.25) is 0 Å². The van der Waals surface area contributed by atoms with E-state index in [1.807, 2.05) is 57.2 Å². The van der Waals surface area contributed by atoms with Gasteiger partial charge >= 0.3 is 0 Å².